The highest BCUT2D eigenvalue weighted by molar-refractivity contribution is 5.29. The number of hydrogen-bond donors (Lipinski definition) is 1. The molecule has 5 heteroatoms. The van der Waals surface area contributed by atoms with E-state index in [1.54, 1.807) is 0 Å². The van der Waals surface area contributed by atoms with E-state index in [0.717, 1.165) is 19.0 Å². The molecule has 76 valence electrons. The predicted molar refractivity (Wildman–Crippen MR) is 49.3 cm³/mol. The molecular weight excluding hydrogens is 185 g/mol. The van der Waals surface area contributed by atoms with Gasteiger partial charge in [-0.3, -0.25) is 0 Å². The van der Waals surface area contributed by atoms with Crippen molar-refractivity contribution in [2.75, 3.05) is 5.73 Å². The van der Waals surface area contributed by atoms with Gasteiger partial charge in [0.25, 0.3) is 0 Å². The van der Waals surface area contributed by atoms with Crippen LogP contribution < -0.4 is 10.5 Å². The minimum atomic E-state index is -0.608. The Hall–Kier alpha value is -1.39. The number of nitrogen functional groups attached to an aromatic ring is 1. The lowest BCUT2D eigenvalue weighted by Crippen LogP contribution is -2.13. The SMILES string of the molecule is Nc1nc(OC2CCCC2)ncc1F. The van der Waals surface area contributed by atoms with Crippen LogP contribution >= 0.6 is 0 Å². The summed E-state index contributed by atoms with van der Waals surface area (Å²) < 4.78 is 18.1. The summed E-state index contributed by atoms with van der Waals surface area (Å²) in [5.41, 5.74) is 5.29. The number of rotatable bonds is 2. The van der Waals surface area contributed by atoms with Gasteiger partial charge in [0.15, 0.2) is 11.6 Å². The van der Waals surface area contributed by atoms with Crippen LogP contribution in [0.1, 0.15) is 25.7 Å². The van der Waals surface area contributed by atoms with E-state index >= 15 is 0 Å². The fourth-order valence-electron chi connectivity index (χ4n) is 1.58. The number of ether oxygens (including phenoxy) is 1. The van der Waals surface area contributed by atoms with E-state index in [2.05, 4.69) is 9.97 Å². The smallest absolute Gasteiger partial charge is 0.318 e. The zero-order valence-corrected chi connectivity index (χ0v) is 7.74. The zero-order chi connectivity index (χ0) is 9.97. The molecule has 14 heavy (non-hydrogen) atoms. The minimum Gasteiger partial charge on any atom is -0.460 e. The number of anilines is 1. The highest BCUT2D eigenvalue weighted by Gasteiger charge is 2.18. The monoisotopic (exact) mass is 197 g/mol. The number of aromatic nitrogens is 2. The first-order valence-electron chi connectivity index (χ1n) is 4.70. The Balaban J connectivity index is 2.05. The zero-order valence-electron chi connectivity index (χ0n) is 7.74. The fraction of sp³-hybridized carbons (Fsp3) is 0.556. The third kappa shape index (κ3) is 1.92. The first kappa shape index (κ1) is 9.18. The normalized spacial score (nSPS) is 17.2. The van der Waals surface area contributed by atoms with E-state index in [-0.39, 0.29) is 17.9 Å². The van der Waals surface area contributed by atoms with Crippen LogP contribution in [0, 0.1) is 5.82 Å². The molecular formula is C9H12FN3O. The number of nitrogens with zero attached hydrogens (tertiary/aromatic N) is 2. The Labute approximate surface area is 81.3 Å². The molecule has 0 unspecified atom stereocenters. The van der Waals surface area contributed by atoms with Gasteiger partial charge in [0.1, 0.15) is 6.10 Å². The molecule has 4 nitrogen and oxygen atoms in total. The predicted octanol–water partition coefficient (Wildman–Crippen LogP) is 1.52. The Morgan fingerprint density at radius 3 is 2.79 bits per heavy atom. The molecule has 0 bridgehead atoms. The highest BCUT2D eigenvalue weighted by atomic mass is 19.1. The van der Waals surface area contributed by atoms with Gasteiger partial charge in [-0.15, -0.1) is 0 Å². The van der Waals surface area contributed by atoms with Crippen LogP contribution in [0.25, 0.3) is 0 Å². The number of hydrogen-bond acceptors (Lipinski definition) is 4. The molecule has 1 heterocycles. The van der Waals surface area contributed by atoms with Gasteiger partial charge >= 0.3 is 6.01 Å². The lowest BCUT2D eigenvalue weighted by molar-refractivity contribution is 0.192. The molecule has 0 saturated heterocycles. The van der Waals surface area contributed by atoms with Crippen molar-refractivity contribution in [2.24, 2.45) is 0 Å². The third-order valence-corrected chi connectivity index (χ3v) is 2.32. The van der Waals surface area contributed by atoms with E-state index in [9.17, 15) is 4.39 Å². The van der Waals surface area contributed by atoms with Crippen molar-refractivity contribution in [3.8, 4) is 6.01 Å². The van der Waals surface area contributed by atoms with E-state index in [1.807, 2.05) is 0 Å². The lowest BCUT2D eigenvalue weighted by Gasteiger charge is -2.10. The molecule has 1 aliphatic carbocycles. The van der Waals surface area contributed by atoms with E-state index in [0.29, 0.717) is 0 Å². The van der Waals surface area contributed by atoms with Gasteiger partial charge in [-0.1, -0.05) is 0 Å². The lowest BCUT2D eigenvalue weighted by atomic mass is 10.3. The van der Waals surface area contributed by atoms with Crippen molar-refractivity contribution in [1.82, 2.24) is 9.97 Å². The largest absolute Gasteiger partial charge is 0.460 e. The Morgan fingerprint density at radius 1 is 1.43 bits per heavy atom. The molecule has 1 aromatic rings. The van der Waals surface area contributed by atoms with Crippen molar-refractivity contribution in [1.29, 1.82) is 0 Å². The quantitative estimate of drug-likeness (QED) is 0.780. The van der Waals surface area contributed by atoms with E-state index in [1.165, 1.54) is 12.8 Å². The summed E-state index contributed by atoms with van der Waals surface area (Å²) in [5.74, 6) is -0.767. The summed E-state index contributed by atoms with van der Waals surface area (Å²) in [7, 11) is 0. The summed E-state index contributed by atoms with van der Waals surface area (Å²) in [4.78, 5) is 7.42. The second-order valence-corrected chi connectivity index (χ2v) is 3.41. The summed E-state index contributed by atoms with van der Waals surface area (Å²) in [6.45, 7) is 0. The van der Waals surface area contributed by atoms with Crippen LogP contribution in [-0.2, 0) is 0 Å². The van der Waals surface area contributed by atoms with Crippen molar-refractivity contribution in [2.45, 2.75) is 31.8 Å². The molecule has 0 spiro atoms. The topological polar surface area (TPSA) is 61.0 Å². The van der Waals surface area contributed by atoms with Crippen molar-refractivity contribution in [3.05, 3.63) is 12.0 Å². The molecule has 0 radical (unpaired) electrons. The Morgan fingerprint density at radius 2 is 2.14 bits per heavy atom. The van der Waals surface area contributed by atoms with Gasteiger partial charge in [-0.2, -0.15) is 4.98 Å². The number of halogens is 1. The van der Waals surface area contributed by atoms with Crippen LogP contribution in [0.15, 0.2) is 6.20 Å². The van der Waals surface area contributed by atoms with Gasteiger partial charge in [0, 0.05) is 0 Å². The van der Waals surface area contributed by atoms with Crippen molar-refractivity contribution in [3.63, 3.8) is 0 Å². The van der Waals surface area contributed by atoms with Crippen LogP contribution in [-0.4, -0.2) is 16.1 Å². The molecule has 1 aromatic heterocycles. The molecule has 0 aromatic carbocycles. The van der Waals surface area contributed by atoms with Gasteiger partial charge in [-0.05, 0) is 25.7 Å². The average molecular weight is 197 g/mol. The molecule has 0 atom stereocenters. The molecule has 2 rings (SSSR count). The standard InChI is InChI=1S/C9H12FN3O/c10-7-5-12-9(13-8(7)11)14-6-3-1-2-4-6/h5-6H,1-4H2,(H2,11,12,13). The molecule has 0 amide bonds. The first-order chi connectivity index (χ1) is 6.75. The summed E-state index contributed by atoms with van der Waals surface area (Å²) in [5, 5.41) is 0. The van der Waals surface area contributed by atoms with E-state index in [4.69, 9.17) is 10.5 Å². The van der Waals surface area contributed by atoms with Crippen LogP contribution in [0.2, 0.25) is 0 Å². The van der Waals surface area contributed by atoms with Gasteiger partial charge in [-0.25, -0.2) is 9.37 Å². The second-order valence-electron chi connectivity index (χ2n) is 3.41. The molecule has 1 saturated carbocycles. The summed E-state index contributed by atoms with van der Waals surface area (Å²) in [6.07, 6.45) is 5.57. The third-order valence-electron chi connectivity index (χ3n) is 2.32. The van der Waals surface area contributed by atoms with Crippen LogP contribution in [0.5, 0.6) is 6.01 Å². The molecule has 2 N–H and O–H groups in total. The van der Waals surface area contributed by atoms with Crippen LogP contribution in [0.3, 0.4) is 0 Å². The Bertz CT molecular complexity index is 326. The average Bonchev–Trinajstić information content (AvgIpc) is 2.64. The van der Waals surface area contributed by atoms with Crippen LogP contribution in [0.4, 0.5) is 10.2 Å². The molecule has 0 aliphatic heterocycles. The maximum absolute atomic E-state index is 12.7. The van der Waals surface area contributed by atoms with Gasteiger partial charge in [0.05, 0.1) is 6.20 Å². The summed E-state index contributed by atoms with van der Waals surface area (Å²) >= 11 is 0. The van der Waals surface area contributed by atoms with Gasteiger partial charge < -0.3 is 10.5 Å². The Kier molecular flexibility index (Phi) is 2.47. The maximum Gasteiger partial charge on any atom is 0.318 e. The van der Waals surface area contributed by atoms with Gasteiger partial charge in [0.2, 0.25) is 0 Å². The maximum atomic E-state index is 12.7. The fourth-order valence-corrected chi connectivity index (χ4v) is 1.58. The molecule has 1 aliphatic rings. The van der Waals surface area contributed by atoms with Crippen molar-refractivity contribution < 1.29 is 9.13 Å². The van der Waals surface area contributed by atoms with Crippen molar-refractivity contribution >= 4 is 5.82 Å². The second kappa shape index (κ2) is 3.77. The number of nitrogens with two attached hydrogens (primary N) is 1. The first-order valence-corrected chi connectivity index (χ1v) is 4.70. The summed E-state index contributed by atoms with van der Waals surface area (Å²) in [6, 6.07) is 0.177. The van der Waals surface area contributed by atoms with E-state index < -0.39 is 5.82 Å². The highest BCUT2D eigenvalue weighted by Crippen LogP contribution is 2.22. The molecule has 1 fully saturated rings. The minimum absolute atomic E-state index is 0.159.